The lowest BCUT2D eigenvalue weighted by atomic mass is 10.1. The van der Waals surface area contributed by atoms with Crippen molar-refractivity contribution in [2.75, 3.05) is 19.8 Å². The maximum absolute atomic E-state index is 11.6. The first-order valence-corrected chi connectivity index (χ1v) is 4.64. The third kappa shape index (κ3) is 9.57. The Kier molecular flexibility index (Phi) is 5.69. The lowest BCUT2D eigenvalue weighted by molar-refractivity contribution is -0.174. The Labute approximate surface area is 88.2 Å². The van der Waals surface area contributed by atoms with Gasteiger partial charge in [-0.15, -0.1) is 6.42 Å². The summed E-state index contributed by atoms with van der Waals surface area (Å²) in [5.74, 6) is 2.52. The molecule has 2 nitrogen and oxygen atoms in total. The zero-order valence-electron chi connectivity index (χ0n) is 8.95. The van der Waals surface area contributed by atoms with E-state index in [1.807, 2.05) is 13.8 Å². The maximum atomic E-state index is 11.6. The summed E-state index contributed by atoms with van der Waals surface area (Å²) in [6, 6.07) is 0. The molecule has 15 heavy (non-hydrogen) atoms. The summed E-state index contributed by atoms with van der Waals surface area (Å²) in [4.78, 5) is 0. The van der Waals surface area contributed by atoms with Crippen molar-refractivity contribution in [2.24, 2.45) is 0 Å². The highest BCUT2D eigenvalue weighted by atomic mass is 19.4. The lowest BCUT2D eigenvalue weighted by Crippen LogP contribution is -2.38. The molecular weight excluding hydrogens is 207 g/mol. The molecule has 0 fully saturated rings. The predicted octanol–water partition coefficient (Wildman–Crippen LogP) is 1.96. The van der Waals surface area contributed by atoms with Gasteiger partial charge < -0.3 is 10.1 Å². The number of alkyl halides is 3. The Morgan fingerprint density at radius 2 is 1.93 bits per heavy atom. The third-order valence-corrected chi connectivity index (χ3v) is 1.66. The van der Waals surface area contributed by atoms with Crippen molar-refractivity contribution in [3.63, 3.8) is 0 Å². The van der Waals surface area contributed by atoms with Crippen LogP contribution in [0.2, 0.25) is 0 Å². The van der Waals surface area contributed by atoms with Gasteiger partial charge >= 0.3 is 6.18 Å². The SMILES string of the molecule is C#CC(C)(C)NCCCOCC(F)(F)F. The van der Waals surface area contributed by atoms with Crippen molar-refractivity contribution >= 4 is 0 Å². The number of halogens is 3. The third-order valence-electron chi connectivity index (χ3n) is 1.66. The fraction of sp³-hybridized carbons (Fsp3) is 0.800. The molecule has 1 N–H and O–H groups in total. The van der Waals surface area contributed by atoms with Crippen molar-refractivity contribution in [1.82, 2.24) is 5.32 Å². The molecule has 0 saturated heterocycles. The standard InChI is InChI=1S/C10H16F3NO/c1-4-9(2,3)14-6-5-7-15-8-10(11,12)13/h1,14H,5-8H2,2-3H3. The van der Waals surface area contributed by atoms with Gasteiger partial charge in [0.1, 0.15) is 6.61 Å². The first kappa shape index (κ1) is 14.3. The Morgan fingerprint density at radius 1 is 1.33 bits per heavy atom. The second kappa shape index (κ2) is 5.99. The second-order valence-corrected chi connectivity index (χ2v) is 3.72. The van der Waals surface area contributed by atoms with Crippen molar-refractivity contribution < 1.29 is 17.9 Å². The Hall–Kier alpha value is -0.730. The number of hydrogen-bond donors (Lipinski definition) is 1. The van der Waals surface area contributed by atoms with Crippen LogP contribution in [0, 0.1) is 12.3 Å². The molecule has 0 radical (unpaired) electrons. The van der Waals surface area contributed by atoms with Crippen LogP contribution in [0.4, 0.5) is 13.2 Å². The van der Waals surface area contributed by atoms with Gasteiger partial charge in [-0.1, -0.05) is 5.92 Å². The van der Waals surface area contributed by atoms with Crippen LogP contribution in [0.3, 0.4) is 0 Å². The molecule has 0 aromatic rings. The minimum Gasteiger partial charge on any atom is -0.372 e. The summed E-state index contributed by atoms with van der Waals surface area (Å²) in [7, 11) is 0. The fourth-order valence-corrected chi connectivity index (χ4v) is 0.814. The predicted molar refractivity (Wildman–Crippen MR) is 52.4 cm³/mol. The number of hydrogen-bond acceptors (Lipinski definition) is 2. The molecule has 0 heterocycles. The van der Waals surface area contributed by atoms with E-state index in [2.05, 4.69) is 16.0 Å². The van der Waals surface area contributed by atoms with Crippen LogP contribution in [-0.2, 0) is 4.74 Å². The monoisotopic (exact) mass is 223 g/mol. The summed E-state index contributed by atoms with van der Waals surface area (Å²) < 4.78 is 39.4. The molecule has 0 aliphatic heterocycles. The largest absolute Gasteiger partial charge is 0.411 e. The number of ether oxygens (including phenoxy) is 1. The van der Waals surface area contributed by atoms with E-state index in [9.17, 15) is 13.2 Å². The Balaban J connectivity index is 3.38. The van der Waals surface area contributed by atoms with Gasteiger partial charge in [-0.25, -0.2) is 0 Å². The van der Waals surface area contributed by atoms with E-state index in [0.29, 0.717) is 13.0 Å². The van der Waals surface area contributed by atoms with Crippen molar-refractivity contribution in [3.8, 4) is 12.3 Å². The van der Waals surface area contributed by atoms with E-state index in [1.54, 1.807) is 0 Å². The average Bonchev–Trinajstić information content (AvgIpc) is 2.09. The average molecular weight is 223 g/mol. The van der Waals surface area contributed by atoms with Crippen LogP contribution in [0.25, 0.3) is 0 Å². The van der Waals surface area contributed by atoms with Crippen LogP contribution >= 0.6 is 0 Å². The van der Waals surface area contributed by atoms with Crippen LogP contribution in [0.15, 0.2) is 0 Å². The zero-order chi connectivity index (χ0) is 11.9. The van der Waals surface area contributed by atoms with Gasteiger partial charge in [0.25, 0.3) is 0 Å². The fourth-order valence-electron chi connectivity index (χ4n) is 0.814. The molecule has 0 aliphatic rings. The van der Waals surface area contributed by atoms with E-state index < -0.39 is 18.3 Å². The molecule has 88 valence electrons. The molecule has 0 bridgehead atoms. The molecule has 0 aromatic carbocycles. The van der Waals surface area contributed by atoms with E-state index in [-0.39, 0.29) is 6.61 Å². The number of terminal acetylenes is 1. The van der Waals surface area contributed by atoms with E-state index in [4.69, 9.17) is 6.42 Å². The molecule has 0 rings (SSSR count). The number of rotatable bonds is 6. The first-order valence-electron chi connectivity index (χ1n) is 4.64. The van der Waals surface area contributed by atoms with Crippen molar-refractivity contribution in [3.05, 3.63) is 0 Å². The van der Waals surface area contributed by atoms with Crippen LogP contribution in [0.5, 0.6) is 0 Å². The highest BCUT2D eigenvalue weighted by molar-refractivity contribution is 5.07. The quantitative estimate of drug-likeness (QED) is 0.549. The maximum Gasteiger partial charge on any atom is 0.411 e. The Bertz CT molecular complexity index is 218. The molecule has 0 atom stereocenters. The van der Waals surface area contributed by atoms with Gasteiger partial charge in [0.05, 0.1) is 5.54 Å². The summed E-state index contributed by atoms with van der Waals surface area (Å²) in [5, 5.41) is 3.01. The van der Waals surface area contributed by atoms with E-state index >= 15 is 0 Å². The van der Waals surface area contributed by atoms with Gasteiger partial charge in [-0.2, -0.15) is 13.2 Å². The van der Waals surface area contributed by atoms with Gasteiger partial charge in [-0.05, 0) is 26.8 Å². The second-order valence-electron chi connectivity index (χ2n) is 3.72. The summed E-state index contributed by atoms with van der Waals surface area (Å²) in [6.45, 7) is 3.07. The smallest absolute Gasteiger partial charge is 0.372 e. The zero-order valence-corrected chi connectivity index (χ0v) is 8.95. The molecule has 5 heteroatoms. The van der Waals surface area contributed by atoms with Crippen molar-refractivity contribution in [1.29, 1.82) is 0 Å². The van der Waals surface area contributed by atoms with E-state index in [1.165, 1.54) is 0 Å². The molecule has 0 unspecified atom stereocenters. The molecule has 0 aliphatic carbocycles. The normalized spacial score (nSPS) is 12.5. The van der Waals surface area contributed by atoms with Crippen LogP contribution < -0.4 is 5.32 Å². The molecule has 0 amide bonds. The van der Waals surface area contributed by atoms with Crippen LogP contribution in [0.1, 0.15) is 20.3 Å². The van der Waals surface area contributed by atoms with Crippen LogP contribution in [-0.4, -0.2) is 31.5 Å². The summed E-state index contributed by atoms with van der Waals surface area (Å²) in [6.07, 6.45) is 1.47. The minimum atomic E-state index is -4.24. The first-order chi connectivity index (χ1) is 6.77. The molecular formula is C10H16F3NO. The van der Waals surface area contributed by atoms with Crippen molar-refractivity contribution in [2.45, 2.75) is 32.0 Å². The number of nitrogens with one attached hydrogen (secondary N) is 1. The highest BCUT2D eigenvalue weighted by Gasteiger charge is 2.27. The lowest BCUT2D eigenvalue weighted by Gasteiger charge is -2.19. The molecule has 0 spiro atoms. The van der Waals surface area contributed by atoms with Gasteiger partial charge in [-0.3, -0.25) is 0 Å². The van der Waals surface area contributed by atoms with Gasteiger partial charge in [0, 0.05) is 6.61 Å². The highest BCUT2D eigenvalue weighted by Crippen LogP contribution is 2.14. The topological polar surface area (TPSA) is 21.3 Å². The molecule has 0 aromatic heterocycles. The van der Waals surface area contributed by atoms with Gasteiger partial charge in [0.15, 0.2) is 0 Å². The minimum absolute atomic E-state index is 0.0765. The Morgan fingerprint density at radius 3 is 2.40 bits per heavy atom. The van der Waals surface area contributed by atoms with E-state index in [0.717, 1.165) is 0 Å². The summed E-state index contributed by atoms with van der Waals surface area (Å²) in [5.41, 5.74) is -0.427. The molecule has 0 saturated carbocycles. The van der Waals surface area contributed by atoms with Gasteiger partial charge in [0.2, 0.25) is 0 Å². The summed E-state index contributed by atoms with van der Waals surface area (Å²) >= 11 is 0.